The normalized spacial score (nSPS) is 36.8. The van der Waals surface area contributed by atoms with Crippen LogP contribution in [0.2, 0.25) is 0 Å². The molecule has 2 unspecified atom stereocenters. The van der Waals surface area contributed by atoms with E-state index in [9.17, 15) is 4.79 Å². The molecule has 14 heavy (non-hydrogen) atoms. The Morgan fingerprint density at radius 3 is 2.71 bits per heavy atom. The molecule has 1 fully saturated rings. The Bertz CT molecular complexity index is 251. The van der Waals surface area contributed by atoms with Crippen molar-refractivity contribution in [3.8, 4) is 0 Å². The molecule has 80 valence electrons. The Hall–Kier alpha value is -0.870. The molecular weight excluding hydrogens is 184 g/mol. The fraction of sp³-hybridized carbons (Fsp3) is 0.700. The highest BCUT2D eigenvalue weighted by atomic mass is 16.8. The third kappa shape index (κ3) is 2.33. The van der Waals surface area contributed by atoms with Crippen molar-refractivity contribution in [1.82, 2.24) is 0 Å². The molecule has 0 bridgehead atoms. The number of hydrogen-bond donors (Lipinski definition) is 0. The van der Waals surface area contributed by atoms with Crippen molar-refractivity contribution in [1.29, 1.82) is 0 Å². The number of esters is 1. The Kier molecular flexibility index (Phi) is 2.97. The molecule has 1 rings (SSSR count). The summed E-state index contributed by atoms with van der Waals surface area (Å²) in [5, 5.41) is 0. The highest BCUT2D eigenvalue weighted by Gasteiger charge is 2.46. The average molecular weight is 200 g/mol. The van der Waals surface area contributed by atoms with Crippen molar-refractivity contribution in [3.05, 3.63) is 12.7 Å². The zero-order valence-electron chi connectivity index (χ0n) is 8.83. The molecule has 2 atom stereocenters. The second kappa shape index (κ2) is 3.71. The highest BCUT2D eigenvalue weighted by Crippen LogP contribution is 2.34. The molecule has 0 aliphatic carbocycles. The van der Waals surface area contributed by atoms with Crippen LogP contribution in [0.25, 0.3) is 0 Å². The summed E-state index contributed by atoms with van der Waals surface area (Å²) in [5.41, 5.74) is 0. The Balaban J connectivity index is 2.62. The van der Waals surface area contributed by atoms with Crippen LogP contribution in [0.4, 0.5) is 0 Å². The van der Waals surface area contributed by atoms with Crippen molar-refractivity contribution in [2.45, 2.75) is 38.8 Å². The summed E-state index contributed by atoms with van der Waals surface area (Å²) >= 11 is 0. The van der Waals surface area contributed by atoms with E-state index in [1.807, 2.05) is 13.8 Å². The van der Waals surface area contributed by atoms with Crippen LogP contribution in [0.15, 0.2) is 12.7 Å². The molecule has 4 heteroatoms. The van der Waals surface area contributed by atoms with Crippen LogP contribution >= 0.6 is 0 Å². The van der Waals surface area contributed by atoms with Gasteiger partial charge in [0.25, 0.3) is 0 Å². The zero-order valence-corrected chi connectivity index (χ0v) is 8.83. The lowest BCUT2D eigenvalue weighted by molar-refractivity contribution is -0.242. The molecular formula is C10H16O4. The van der Waals surface area contributed by atoms with E-state index in [1.54, 1.807) is 6.92 Å². The Morgan fingerprint density at radius 1 is 1.64 bits per heavy atom. The third-order valence-electron chi connectivity index (χ3n) is 2.20. The molecule has 1 aliphatic rings. The van der Waals surface area contributed by atoms with Gasteiger partial charge in [0.1, 0.15) is 6.61 Å². The second-order valence-corrected chi connectivity index (χ2v) is 3.64. The van der Waals surface area contributed by atoms with Gasteiger partial charge in [-0.15, -0.1) is 0 Å². The molecule has 0 saturated carbocycles. The van der Waals surface area contributed by atoms with Crippen molar-refractivity contribution in [2.75, 3.05) is 6.61 Å². The number of carbonyl (C=O) groups excluding carboxylic acids is 1. The molecule has 0 aromatic heterocycles. The summed E-state index contributed by atoms with van der Waals surface area (Å²) in [5.74, 6) is -2.15. The number of rotatable bonds is 3. The summed E-state index contributed by atoms with van der Waals surface area (Å²) in [4.78, 5) is 11.0. The first kappa shape index (κ1) is 11.2. The molecule has 0 amide bonds. The van der Waals surface area contributed by atoms with Crippen molar-refractivity contribution in [3.63, 3.8) is 0 Å². The topological polar surface area (TPSA) is 44.8 Å². The van der Waals surface area contributed by atoms with E-state index >= 15 is 0 Å². The summed E-state index contributed by atoms with van der Waals surface area (Å²) in [6.07, 6.45) is 1.81. The molecule has 1 heterocycles. The van der Waals surface area contributed by atoms with Crippen molar-refractivity contribution < 1.29 is 19.0 Å². The summed E-state index contributed by atoms with van der Waals surface area (Å²) in [6.45, 7) is 9.01. The van der Waals surface area contributed by atoms with Gasteiger partial charge >= 0.3 is 5.97 Å². The monoisotopic (exact) mass is 200 g/mol. The summed E-state index contributed by atoms with van der Waals surface area (Å²) in [7, 11) is 0. The van der Waals surface area contributed by atoms with Crippen LogP contribution < -0.4 is 0 Å². The minimum Gasteiger partial charge on any atom is -0.428 e. The van der Waals surface area contributed by atoms with Gasteiger partial charge in [-0.25, -0.2) is 4.79 Å². The van der Waals surface area contributed by atoms with E-state index < -0.39 is 17.5 Å². The van der Waals surface area contributed by atoms with Gasteiger partial charge < -0.3 is 14.2 Å². The maximum Gasteiger partial charge on any atom is 0.332 e. The van der Waals surface area contributed by atoms with Gasteiger partial charge in [-0.05, 0) is 13.3 Å². The first-order valence-electron chi connectivity index (χ1n) is 4.62. The van der Waals surface area contributed by atoms with Gasteiger partial charge in [0.15, 0.2) is 5.79 Å². The number of carbonyl (C=O) groups is 1. The van der Waals surface area contributed by atoms with Crippen molar-refractivity contribution in [2.24, 2.45) is 0 Å². The van der Waals surface area contributed by atoms with Crippen LogP contribution in [-0.4, -0.2) is 24.2 Å². The largest absolute Gasteiger partial charge is 0.428 e. The SMILES string of the molecule is C=CC(=O)OC1(C)COC(C)(CC)O1. The fourth-order valence-corrected chi connectivity index (χ4v) is 1.28. The van der Waals surface area contributed by atoms with Gasteiger partial charge in [-0.1, -0.05) is 13.5 Å². The Labute approximate surface area is 83.8 Å². The summed E-state index contributed by atoms with van der Waals surface area (Å²) in [6, 6.07) is 0. The highest BCUT2D eigenvalue weighted by molar-refractivity contribution is 5.81. The van der Waals surface area contributed by atoms with Crippen LogP contribution in [0.3, 0.4) is 0 Å². The molecule has 0 aromatic carbocycles. The molecule has 1 aliphatic heterocycles. The molecule has 0 aromatic rings. The van der Waals surface area contributed by atoms with E-state index in [4.69, 9.17) is 14.2 Å². The van der Waals surface area contributed by atoms with E-state index in [2.05, 4.69) is 6.58 Å². The second-order valence-electron chi connectivity index (χ2n) is 3.64. The van der Waals surface area contributed by atoms with Crippen LogP contribution in [-0.2, 0) is 19.0 Å². The average Bonchev–Trinajstić information content (AvgIpc) is 2.43. The summed E-state index contributed by atoms with van der Waals surface area (Å²) < 4.78 is 16.0. The van der Waals surface area contributed by atoms with E-state index in [-0.39, 0.29) is 6.61 Å². The maximum absolute atomic E-state index is 11.0. The minimum absolute atomic E-state index is 0.247. The van der Waals surface area contributed by atoms with Crippen LogP contribution in [0.1, 0.15) is 27.2 Å². The van der Waals surface area contributed by atoms with E-state index in [0.29, 0.717) is 6.42 Å². The zero-order chi connectivity index (χ0) is 10.8. The number of ether oxygens (including phenoxy) is 3. The first-order chi connectivity index (χ1) is 6.43. The molecule has 0 spiro atoms. The van der Waals surface area contributed by atoms with Crippen LogP contribution in [0, 0.1) is 0 Å². The van der Waals surface area contributed by atoms with Gasteiger partial charge in [-0.3, -0.25) is 0 Å². The van der Waals surface area contributed by atoms with E-state index in [1.165, 1.54) is 0 Å². The molecule has 0 radical (unpaired) electrons. The lowest BCUT2D eigenvalue weighted by atomic mass is 10.2. The third-order valence-corrected chi connectivity index (χ3v) is 2.20. The molecule has 4 nitrogen and oxygen atoms in total. The fourth-order valence-electron chi connectivity index (χ4n) is 1.28. The maximum atomic E-state index is 11.0. The predicted molar refractivity (Wildman–Crippen MR) is 50.4 cm³/mol. The molecule has 1 saturated heterocycles. The minimum atomic E-state index is -0.990. The van der Waals surface area contributed by atoms with Gasteiger partial charge in [0.05, 0.1) is 0 Å². The van der Waals surface area contributed by atoms with Crippen LogP contribution in [0.5, 0.6) is 0 Å². The van der Waals surface area contributed by atoms with Gasteiger partial charge in [0.2, 0.25) is 5.79 Å². The standard InChI is InChI=1S/C10H16O4/c1-5-8(11)13-10(4)7-12-9(3,6-2)14-10/h5H,1,6-7H2,2-4H3. The smallest absolute Gasteiger partial charge is 0.332 e. The first-order valence-corrected chi connectivity index (χ1v) is 4.62. The van der Waals surface area contributed by atoms with E-state index in [0.717, 1.165) is 6.08 Å². The quantitative estimate of drug-likeness (QED) is 0.513. The van der Waals surface area contributed by atoms with Crippen molar-refractivity contribution >= 4 is 5.97 Å². The number of hydrogen-bond acceptors (Lipinski definition) is 4. The molecule has 0 N–H and O–H groups in total. The predicted octanol–water partition coefficient (Wildman–Crippen LogP) is 1.60. The lowest BCUT2D eigenvalue weighted by Gasteiger charge is -2.25. The van der Waals surface area contributed by atoms with Gasteiger partial charge in [-0.2, -0.15) is 0 Å². The Morgan fingerprint density at radius 2 is 2.29 bits per heavy atom. The lowest BCUT2D eigenvalue weighted by Crippen LogP contribution is -2.36. The van der Waals surface area contributed by atoms with Gasteiger partial charge in [0, 0.05) is 13.0 Å².